The molecular formula is C28H32F3N3O8. The Kier molecular flexibility index (Phi) is 7.26. The van der Waals surface area contributed by atoms with Crippen LogP contribution in [0.5, 0.6) is 11.5 Å². The van der Waals surface area contributed by atoms with Crippen LogP contribution in [0.2, 0.25) is 0 Å². The Morgan fingerprint density at radius 3 is 2.45 bits per heavy atom. The van der Waals surface area contributed by atoms with Crippen LogP contribution in [0, 0.1) is 23.7 Å². The number of halogens is 3. The number of aliphatic hydroxyl groups is 1. The molecule has 42 heavy (non-hydrogen) atoms. The molecule has 5 rings (SSSR count). The van der Waals surface area contributed by atoms with Crippen LogP contribution < -0.4 is 10.5 Å². The number of Topliss-reactive ketones (excluding diaryl/α,β-unsaturated/α-hetero) is 4. The van der Waals surface area contributed by atoms with E-state index in [1.165, 1.54) is 19.0 Å². The molecule has 0 aromatic heterocycles. The summed E-state index contributed by atoms with van der Waals surface area (Å²) in [7, 11) is 2.88. The number of nitrogens with two attached hydrogens (primary N) is 1. The summed E-state index contributed by atoms with van der Waals surface area (Å²) in [6, 6.07) is -0.794. The Morgan fingerprint density at radius 2 is 1.88 bits per heavy atom. The Hall–Kier alpha value is -3.36. The molecule has 7 unspecified atom stereocenters. The molecule has 0 radical (unpaired) electrons. The van der Waals surface area contributed by atoms with E-state index in [0.29, 0.717) is 25.9 Å². The Morgan fingerprint density at radius 1 is 1.21 bits per heavy atom. The molecule has 7 atom stereocenters. The van der Waals surface area contributed by atoms with E-state index >= 15 is 0 Å². The van der Waals surface area contributed by atoms with E-state index in [-0.39, 0.29) is 24.0 Å². The van der Waals surface area contributed by atoms with Gasteiger partial charge in [-0.3, -0.25) is 33.8 Å². The first-order chi connectivity index (χ1) is 19.5. The Balaban J connectivity index is 1.67. The fourth-order valence-electron chi connectivity index (χ4n) is 7.72. The van der Waals surface area contributed by atoms with Gasteiger partial charge in [0.2, 0.25) is 5.91 Å². The summed E-state index contributed by atoms with van der Waals surface area (Å²) in [5, 5.41) is 22.6. The number of phenols is 1. The first-order valence-electron chi connectivity index (χ1n) is 13.8. The number of aromatic hydroxyl groups is 1. The smallest absolute Gasteiger partial charge is 0.507 e. The van der Waals surface area contributed by atoms with Gasteiger partial charge in [0.05, 0.1) is 17.5 Å². The van der Waals surface area contributed by atoms with E-state index in [2.05, 4.69) is 4.74 Å². The normalized spacial score (nSPS) is 33.4. The number of phenolic OH excluding ortho intramolecular Hbond substituents is 1. The maximum atomic E-state index is 13.9. The summed E-state index contributed by atoms with van der Waals surface area (Å²) in [4.78, 5) is 69.7. The van der Waals surface area contributed by atoms with Crippen LogP contribution in [-0.2, 0) is 25.6 Å². The van der Waals surface area contributed by atoms with Gasteiger partial charge >= 0.3 is 6.36 Å². The number of ether oxygens (including phenoxy) is 1. The number of likely N-dealkylation sites (N-methyl/N-ethyl adjacent to an activating group) is 1. The highest BCUT2D eigenvalue weighted by Gasteiger charge is 2.69. The number of hydrogen-bond donors (Lipinski definition) is 3. The second-order valence-electron chi connectivity index (χ2n) is 11.8. The second kappa shape index (κ2) is 10.1. The van der Waals surface area contributed by atoms with E-state index < -0.39 is 93.8 Å². The number of likely N-dealkylation sites (tertiary alicyclic amines) is 1. The summed E-state index contributed by atoms with van der Waals surface area (Å²) < 4.78 is 45.8. The van der Waals surface area contributed by atoms with E-state index in [0.717, 1.165) is 6.07 Å². The standard InChI is InChI=1S/C28H32F3N3O8/c1-4-34-7-5-6-15(34)12-10-16(35)18-13(23(12)42-28(29,30)31)8-11-9-14-20(33(2)3)22(37)19(26(32)40)25(39)27(14,41)24(38)17(11)21(18)36/h10-11,14-15,17,19-20,35,41H,4-9H2,1-3H3,(H2,32,40). The predicted molar refractivity (Wildman–Crippen MR) is 137 cm³/mol. The number of ketones is 4. The van der Waals surface area contributed by atoms with E-state index in [4.69, 9.17) is 5.73 Å². The van der Waals surface area contributed by atoms with E-state index in [9.17, 15) is 47.4 Å². The van der Waals surface area contributed by atoms with Crippen LogP contribution in [0.25, 0.3) is 0 Å². The Bertz CT molecular complexity index is 1400. The van der Waals surface area contributed by atoms with Crippen molar-refractivity contribution in [3.63, 3.8) is 0 Å². The van der Waals surface area contributed by atoms with Crippen molar-refractivity contribution in [1.29, 1.82) is 0 Å². The molecule has 1 aliphatic heterocycles. The van der Waals surface area contributed by atoms with Crippen molar-refractivity contribution in [2.45, 2.75) is 56.7 Å². The average Bonchev–Trinajstić information content (AvgIpc) is 3.35. The fraction of sp³-hybridized carbons (Fsp3) is 0.607. The number of nitrogens with zero attached hydrogens (tertiary/aromatic N) is 2. The third kappa shape index (κ3) is 4.33. The largest absolute Gasteiger partial charge is 0.573 e. The number of amides is 1. The molecule has 1 heterocycles. The summed E-state index contributed by atoms with van der Waals surface area (Å²) in [6.07, 6.45) is -4.58. The number of rotatable bonds is 5. The molecule has 1 aromatic rings. The number of carbonyl (C=O) groups excluding carboxylic acids is 5. The topological polar surface area (TPSA) is 168 Å². The van der Waals surface area contributed by atoms with Crippen molar-refractivity contribution < 1.29 is 52.1 Å². The van der Waals surface area contributed by atoms with Crippen molar-refractivity contribution in [1.82, 2.24) is 9.80 Å². The molecule has 14 heteroatoms. The summed E-state index contributed by atoms with van der Waals surface area (Å²) in [6.45, 7) is 2.98. The minimum atomic E-state index is -5.14. The molecule has 3 fully saturated rings. The zero-order chi connectivity index (χ0) is 31.0. The zero-order valence-electron chi connectivity index (χ0n) is 23.2. The van der Waals surface area contributed by atoms with Crippen LogP contribution in [0.3, 0.4) is 0 Å². The van der Waals surface area contributed by atoms with Crippen molar-refractivity contribution in [3.05, 3.63) is 22.8 Å². The number of alkyl halides is 3. The molecule has 11 nitrogen and oxygen atoms in total. The van der Waals surface area contributed by atoms with E-state index in [1.807, 2.05) is 11.8 Å². The van der Waals surface area contributed by atoms with Crippen molar-refractivity contribution in [3.8, 4) is 11.5 Å². The zero-order valence-corrected chi connectivity index (χ0v) is 23.2. The summed E-state index contributed by atoms with van der Waals surface area (Å²) in [5.74, 6) is -13.6. The maximum absolute atomic E-state index is 13.9. The van der Waals surface area contributed by atoms with Gasteiger partial charge in [0.1, 0.15) is 11.5 Å². The molecular weight excluding hydrogens is 563 g/mol. The van der Waals surface area contributed by atoms with Gasteiger partial charge in [-0.1, -0.05) is 6.92 Å². The van der Waals surface area contributed by atoms with Crippen LogP contribution in [0.1, 0.15) is 53.7 Å². The molecule has 1 saturated heterocycles. The van der Waals surface area contributed by atoms with Crippen molar-refractivity contribution in [2.24, 2.45) is 29.4 Å². The quantitative estimate of drug-likeness (QED) is 0.417. The van der Waals surface area contributed by atoms with Gasteiger partial charge in [-0.15, -0.1) is 13.2 Å². The van der Waals surface area contributed by atoms with Crippen LogP contribution in [0.4, 0.5) is 13.2 Å². The van der Waals surface area contributed by atoms with Gasteiger partial charge in [0.25, 0.3) is 0 Å². The van der Waals surface area contributed by atoms with Crippen molar-refractivity contribution in [2.75, 3.05) is 27.2 Å². The van der Waals surface area contributed by atoms with Gasteiger partial charge in [-0.25, -0.2) is 0 Å². The van der Waals surface area contributed by atoms with Crippen LogP contribution in [0.15, 0.2) is 6.07 Å². The predicted octanol–water partition coefficient (Wildman–Crippen LogP) is 0.922. The van der Waals surface area contributed by atoms with Gasteiger partial charge in [-0.05, 0) is 64.9 Å². The SMILES string of the molecule is CCN1CCCC1c1cc(O)c2c(c1OC(F)(F)F)CC1CC3C(N(C)C)C(=O)C(C(N)=O)C(=O)C3(O)C(=O)C1C2=O. The third-order valence-electron chi connectivity index (χ3n) is 9.39. The lowest BCUT2D eigenvalue weighted by molar-refractivity contribution is -0.275. The number of fused-ring (bicyclic) bond motifs is 3. The molecule has 0 bridgehead atoms. The fourth-order valence-corrected chi connectivity index (χ4v) is 7.72. The number of benzene rings is 1. The maximum Gasteiger partial charge on any atom is 0.573 e. The number of primary amides is 1. The summed E-state index contributed by atoms with van der Waals surface area (Å²) >= 11 is 0. The van der Waals surface area contributed by atoms with Crippen molar-refractivity contribution >= 4 is 29.0 Å². The highest BCUT2D eigenvalue weighted by molar-refractivity contribution is 6.32. The van der Waals surface area contributed by atoms with Crippen LogP contribution >= 0.6 is 0 Å². The Labute approximate surface area is 238 Å². The third-order valence-corrected chi connectivity index (χ3v) is 9.39. The first kappa shape index (κ1) is 30.1. The molecule has 0 spiro atoms. The lowest BCUT2D eigenvalue weighted by Crippen LogP contribution is -2.74. The van der Waals surface area contributed by atoms with E-state index in [1.54, 1.807) is 0 Å². The highest BCUT2D eigenvalue weighted by atomic mass is 19.4. The number of carbonyl (C=O) groups is 5. The molecule has 1 amide bonds. The second-order valence-corrected chi connectivity index (χ2v) is 11.8. The number of hydrogen-bond acceptors (Lipinski definition) is 10. The lowest BCUT2D eigenvalue weighted by Gasteiger charge is -2.52. The van der Waals surface area contributed by atoms with Gasteiger partial charge in [0.15, 0.2) is 34.7 Å². The average molecular weight is 596 g/mol. The first-order valence-corrected chi connectivity index (χ1v) is 13.8. The van der Waals surface area contributed by atoms with Gasteiger partial charge in [-0.2, -0.15) is 0 Å². The molecule has 1 aromatic carbocycles. The van der Waals surface area contributed by atoms with Gasteiger partial charge < -0.3 is 20.7 Å². The molecule has 3 aliphatic carbocycles. The molecule has 4 N–H and O–H groups in total. The molecule has 4 aliphatic rings. The minimum Gasteiger partial charge on any atom is -0.507 e. The summed E-state index contributed by atoms with van der Waals surface area (Å²) in [5.41, 5.74) is 1.66. The monoisotopic (exact) mass is 595 g/mol. The molecule has 2 saturated carbocycles. The molecule has 228 valence electrons. The highest BCUT2D eigenvalue weighted by Crippen LogP contribution is 2.54. The van der Waals surface area contributed by atoms with Crippen LogP contribution in [-0.4, -0.2) is 94.2 Å². The van der Waals surface area contributed by atoms with Gasteiger partial charge in [0, 0.05) is 23.1 Å². The lowest BCUT2D eigenvalue weighted by atomic mass is 9.52. The minimum absolute atomic E-state index is 0.0614.